The molecule has 1 amide bonds. The first-order valence-corrected chi connectivity index (χ1v) is 11.7. The molecule has 0 aliphatic carbocycles. The van der Waals surface area contributed by atoms with Gasteiger partial charge in [0.15, 0.2) is 0 Å². The third kappa shape index (κ3) is 3.31. The number of nitrogens with one attached hydrogen (secondary N) is 1. The Morgan fingerprint density at radius 2 is 1.90 bits per heavy atom. The van der Waals surface area contributed by atoms with Gasteiger partial charge in [-0.15, -0.1) is 0 Å². The molecule has 0 bridgehead atoms. The molecule has 0 fully saturated rings. The normalized spacial score (nSPS) is 18.0. The van der Waals surface area contributed by atoms with E-state index < -0.39 is 15.7 Å². The Bertz CT molecular complexity index is 1320. The van der Waals surface area contributed by atoms with E-state index in [4.69, 9.17) is 5.41 Å². The van der Waals surface area contributed by atoms with E-state index in [2.05, 4.69) is 20.0 Å². The first-order valence-electron chi connectivity index (χ1n) is 9.03. The maximum atomic E-state index is 12.6. The molecule has 0 saturated heterocycles. The van der Waals surface area contributed by atoms with Crippen LogP contribution in [-0.4, -0.2) is 46.2 Å². The van der Waals surface area contributed by atoms with Gasteiger partial charge in [-0.25, -0.2) is 13.3 Å². The van der Waals surface area contributed by atoms with Crippen LogP contribution in [0.15, 0.2) is 45.3 Å². The lowest BCUT2D eigenvalue weighted by atomic mass is 10.1. The second kappa shape index (κ2) is 7.06. The van der Waals surface area contributed by atoms with Gasteiger partial charge in [0.2, 0.25) is 20.2 Å². The van der Waals surface area contributed by atoms with Crippen molar-refractivity contribution in [3.05, 3.63) is 58.4 Å². The molecule has 154 valence electrons. The fourth-order valence-electron chi connectivity index (χ4n) is 3.49. The Balaban J connectivity index is 1.80. The van der Waals surface area contributed by atoms with Gasteiger partial charge in [0.1, 0.15) is 5.84 Å². The standard InChI is InChI=1S/C20H19N5O3S2/c1-11-6-5-7-15(8-11)24-12(2)9-14(13(24)3)10-16-17(21)25-19(22-18(16)26)29-23-20(25)30(4,27)28/h5-10,21H,1-4H3/b16-10-,21-17?. The summed E-state index contributed by atoms with van der Waals surface area (Å²) in [5.41, 5.74) is 4.77. The number of amides is 1. The van der Waals surface area contributed by atoms with Crippen LogP contribution in [0.3, 0.4) is 0 Å². The SMILES string of the molecule is Cc1cccc(-n2c(C)cc(/C=C3/C(=N)N4C(=NC3=O)SN=C4S(C)(=O)=O)c2C)c1. The second-order valence-electron chi connectivity index (χ2n) is 7.18. The Hall–Kier alpha value is -2.98. The molecule has 2 aliphatic heterocycles. The zero-order valence-electron chi connectivity index (χ0n) is 16.8. The quantitative estimate of drug-likeness (QED) is 0.569. The topological polar surface area (TPSA) is 108 Å². The van der Waals surface area contributed by atoms with Crippen molar-refractivity contribution in [2.75, 3.05) is 6.26 Å². The van der Waals surface area contributed by atoms with Crippen LogP contribution >= 0.6 is 11.9 Å². The number of carbonyl (C=O) groups is 1. The number of sulfone groups is 1. The van der Waals surface area contributed by atoms with Crippen LogP contribution in [0.4, 0.5) is 0 Å². The molecule has 3 heterocycles. The number of nitrogens with zero attached hydrogens (tertiary/aromatic N) is 4. The van der Waals surface area contributed by atoms with Gasteiger partial charge in [0.25, 0.3) is 5.91 Å². The third-order valence-electron chi connectivity index (χ3n) is 4.86. The van der Waals surface area contributed by atoms with Gasteiger partial charge >= 0.3 is 0 Å². The number of aliphatic imine (C=N–C) groups is 1. The van der Waals surface area contributed by atoms with E-state index in [0.717, 1.165) is 51.3 Å². The fourth-order valence-corrected chi connectivity index (χ4v) is 5.34. The van der Waals surface area contributed by atoms with Crippen LogP contribution in [0.1, 0.15) is 22.5 Å². The summed E-state index contributed by atoms with van der Waals surface area (Å²) in [5, 5.41) is 8.26. The van der Waals surface area contributed by atoms with Gasteiger partial charge in [-0.2, -0.15) is 9.39 Å². The molecule has 1 aromatic heterocycles. The number of hydrogen-bond acceptors (Lipinski definition) is 6. The highest BCUT2D eigenvalue weighted by atomic mass is 32.2. The summed E-state index contributed by atoms with van der Waals surface area (Å²) in [6.45, 7) is 5.92. The lowest BCUT2D eigenvalue weighted by molar-refractivity contribution is -0.114. The number of rotatable bonds is 2. The molecule has 1 aromatic carbocycles. The monoisotopic (exact) mass is 441 g/mol. The van der Waals surface area contributed by atoms with Crippen molar-refractivity contribution < 1.29 is 13.2 Å². The zero-order chi connectivity index (χ0) is 21.8. The molecule has 0 atom stereocenters. The number of benzene rings is 1. The van der Waals surface area contributed by atoms with Gasteiger partial charge in [-0.05, 0) is 56.2 Å². The van der Waals surface area contributed by atoms with Crippen LogP contribution in [-0.2, 0) is 14.6 Å². The largest absolute Gasteiger partial charge is 0.318 e. The van der Waals surface area contributed by atoms with E-state index >= 15 is 0 Å². The van der Waals surface area contributed by atoms with E-state index in [1.165, 1.54) is 0 Å². The zero-order valence-corrected chi connectivity index (χ0v) is 18.4. The fraction of sp³-hybridized carbons (Fsp3) is 0.200. The van der Waals surface area contributed by atoms with Crippen molar-refractivity contribution in [1.82, 2.24) is 9.47 Å². The molecular formula is C20H19N5O3S2. The highest BCUT2D eigenvalue weighted by Crippen LogP contribution is 2.31. The van der Waals surface area contributed by atoms with Crippen molar-refractivity contribution >= 4 is 49.9 Å². The first-order chi connectivity index (χ1) is 14.1. The molecule has 30 heavy (non-hydrogen) atoms. The van der Waals surface area contributed by atoms with Crippen LogP contribution in [0.2, 0.25) is 0 Å². The molecule has 0 spiro atoms. The van der Waals surface area contributed by atoms with Crippen LogP contribution in [0, 0.1) is 26.2 Å². The highest BCUT2D eigenvalue weighted by molar-refractivity contribution is 8.16. The summed E-state index contributed by atoms with van der Waals surface area (Å²) in [4.78, 5) is 17.6. The predicted octanol–water partition coefficient (Wildman–Crippen LogP) is 3.02. The summed E-state index contributed by atoms with van der Waals surface area (Å²) < 4.78 is 30.0. The molecule has 0 radical (unpaired) electrons. The number of carbonyl (C=O) groups excluding carboxylic acids is 1. The minimum Gasteiger partial charge on any atom is -0.318 e. The number of aromatic nitrogens is 1. The molecule has 10 heteroatoms. The molecule has 0 unspecified atom stereocenters. The Labute approximate surface area is 178 Å². The highest BCUT2D eigenvalue weighted by Gasteiger charge is 2.41. The Kier molecular flexibility index (Phi) is 4.78. The average molecular weight is 442 g/mol. The average Bonchev–Trinajstić information content (AvgIpc) is 3.19. The Morgan fingerprint density at radius 1 is 1.17 bits per heavy atom. The van der Waals surface area contributed by atoms with Crippen molar-refractivity contribution in [3.63, 3.8) is 0 Å². The van der Waals surface area contributed by atoms with E-state index in [-0.39, 0.29) is 21.7 Å². The summed E-state index contributed by atoms with van der Waals surface area (Å²) >= 11 is 0.777. The van der Waals surface area contributed by atoms with Crippen molar-refractivity contribution in [2.45, 2.75) is 20.8 Å². The minimum absolute atomic E-state index is 0.0158. The van der Waals surface area contributed by atoms with Crippen molar-refractivity contribution in [3.8, 4) is 5.69 Å². The van der Waals surface area contributed by atoms with E-state index in [1.807, 2.05) is 45.0 Å². The van der Waals surface area contributed by atoms with Crippen LogP contribution in [0.5, 0.6) is 0 Å². The van der Waals surface area contributed by atoms with Gasteiger partial charge in [-0.1, -0.05) is 12.1 Å². The molecular weight excluding hydrogens is 422 g/mol. The summed E-state index contributed by atoms with van der Waals surface area (Å²) in [7, 11) is -3.68. The summed E-state index contributed by atoms with van der Waals surface area (Å²) in [6.07, 6.45) is 2.60. The number of hydrogen-bond donors (Lipinski definition) is 1. The number of amidine groups is 3. The first kappa shape index (κ1) is 20.3. The molecule has 2 aromatic rings. The smallest absolute Gasteiger partial charge is 0.283 e. The summed E-state index contributed by atoms with van der Waals surface area (Å²) in [6, 6.07) is 10.00. The third-order valence-corrected chi connectivity index (χ3v) is 6.61. The van der Waals surface area contributed by atoms with E-state index in [0.29, 0.717) is 0 Å². The minimum atomic E-state index is -3.68. The van der Waals surface area contributed by atoms with Gasteiger partial charge < -0.3 is 4.57 Å². The van der Waals surface area contributed by atoms with Gasteiger partial charge in [-0.3, -0.25) is 10.2 Å². The van der Waals surface area contributed by atoms with Crippen molar-refractivity contribution in [2.24, 2.45) is 9.39 Å². The van der Waals surface area contributed by atoms with Crippen molar-refractivity contribution in [1.29, 1.82) is 5.41 Å². The van der Waals surface area contributed by atoms with Gasteiger partial charge in [0, 0.05) is 23.3 Å². The Morgan fingerprint density at radius 3 is 2.57 bits per heavy atom. The molecule has 1 N–H and O–H groups in total. The molecule has 8 nitrogen and oxygen atoms in total. The molecule has 0 saturated carbocycles. The van der Waals surface area contributed by atoms with E-state index in [9.17, 15) is 13.2 Å². The van der Waals surface area contributed by atoms with E-state index in [1.54, 1.807) is 6.08 Å². The van der Waals surface area contributed by atoms with Crippen LogP contribution < -0.4 is 0 Å². The molecule has 4 rings (SSSR count). The maximum Gasteiger partial charge on any atom is 0.283 e. The lowest BCUT2D eigenvalue weighted by Crippen LogP contribution is -2.45. The maximum absolute atomic E-state index is 12.6. The predicted molar refractivity (Wildman–Crippen MR) is 120 cm³/mol. The lowest BCUT2D eigenvalue weighted by Gasteiger charge is -2.23. The van der Waals surface area contributed by atoms with Crippen LogP contribution in [0.25, 0.3) is 11.8 Å². The second-order valence-corrected chi connectivity index (χ2v) is 9.82. The van der Waals surface area contributed by atoms with Gasteiger partial charge in [0.05, 0.1) is 17.5 Å². The molecule has 2 aliphatic rings. The summed E-state index contributed by atoms with van der Waals surface area (Å²) in [5.74, 6) is -0.844. The number of aryl methyl sites for hydroxylation is 2. The number of fused-ring (bicyclic) bond motifs is 1.